The molecule has 0 aliphatic carbocycles. The quantitative estimate of drug-likeness (QED) is 0.892. The van der Waals surface area contributed by atoms with Crippen molar-refractivity contribution in [3.05, 3.63) is 29.0 Å². The van der Waals surface area contributed by atoms with E-state index >= 15 is 0 Å². The van der Waals surface area contributed by atoms with Gasteiger partial charge in [-0.3, -0.25) is 4.79 Å². The zero-order chi connectivity index (χ0) is 13.7. The number of hydrogen-bond acceptors (Lipinski definition) is 3. The van der Waals surface area contributed by atoms with E-state index in [1.807, 2.05) is 0 Å². The summed E-state index contributed by atoms with van der Waals surface area (Å²) < 4.78 is 18.8. The van der Waals surface area contributed by atoms with E-state index in [0.29, 0.717) is 13.2 Å². The number of rotatable bonds is 4. The van der Waals surface area contributed by atoms with Crippen LogP contribution in [0.2, 0.25) is 5.02 Å². The lowest BCUT2D eigenvalue weighted by Crippen LogP contribution is -2.41. The topological polar surface area (TPSA) is 50.4 Å². The fourth-order valence-electron chi connectivity index (χ4n) is 1.94. The van der Waals surface area contributed by atoms with Gasteiger partial charge in [-0.2, -0.15) is 0 Å². The summed E-state index contributed by atoms with van der Waals surface area (Å²) in [5, 5.41) is 5.66. The number of hydrogen-bond donors (Lipinski definition) is 2. The molecule has 1 saturated heterocycles. The number of nitrogens with one attached hydrogen (secondary N) is 2. The maximum absolute atomic E-state index is 13.6. The Balaban J connectivity index is 1.81. The van der Waals surface area contributed by atoms with E-state index in [1.54, 1.807) is 12.1 Å². The molecule has 1 aliphatic heterocycles. The van der Waals surface area contributed by atoms with Crippen LogP contribution < -0.4 is 10.6 Å². The Hall–Kier alpha value is -1.33. The maximum atomic E-state index is 13.6. The standard InChI is InChI=1S/C13H16ClFN2O2/c14-10-2-1-3-11(13(10)15)16-8-12(18)17-9-4-6-19-7-5-9/h1-3,9,16H,4-8H2,(H,17,18). The van der Waals surface area contributed by atoms with Crippen molar-refractivity contribution in [3.63, 3.8) is 0 Å². The summed E-state index contributed by atoms with van der Waals surface area (Å²) in [6, 6.07) is 4.78. The molecular weight excluding hydrogens is 271 g/mol. The molecule has 19 heavy (non-hydrogen) atoms. The van der Waals surface area contributed by atoms with E-state index in [4.69, 9.17) is 16.3 Å². The Morgan fingerprint density at radius 1 is 1.42 bits per heavy atom. The van der Waals surface area contributed by atoms with E-state index < -0.39 is 5.82 Å². The van der Waals surface area contributed by atoms with Crippen molar-refractivity contribution in [1.82, 2.24) is 5.32 Å². The van der Waals surface area contributed by atoms with Gasteiger partial charge in [-0.05, 0) is 25.0 Å². The summed E-state index contributed by atoms with van der Waals surface area (Å²) >= 11 is 5.66. The summed E-state index contributed by atoms with van der Waals surface area (Å²) in [6.07, 6.45) is 1.63. The molecule has 0 saturated carbocycles. The van der Waals surface area contributed by atoms with Gasteiger partial charge in [-0.25, -0.2) is 4.39 Å². The van der Waals surface area contributed by atoms with E-state index in [9.17, 15) is 9.18 Å². The first-order valence-corrected chi connectivity index (χ1v) is 6.59. The molecule has 1 amide bonds. The first-order valence-electron chi connectivity index (χ1n) is 6.22. The molecule has 0 spiro atoms. The van der Waals surface area contributed by atoms with Crippen molar-refractivity contribution in [2.75, 3.05) is 25.1 Å². The molecule has 0 radical (unpaired) electrons. The van der Waals surface area contributed by atoms with Gasteiger partial charge in [-0.15, -0.1) is 0 Å². The lowest BCUT2D eigenvalue weighted by atomic mass is 10.1. The first-order chi connectivity index (χ1) is 9.16. The highest BCUT2D eigenvalue weighted by molar-refractivity contribution is 6.31. The maximum Gasteiger partial charge on any atom is 0.239 e. The second-order valence-electron chi connectivity index (χ2n) is 4.41. The van der Waals surface area contributed by atoms with E-state index in [-0.39, 0.29) is 29.2 Å². The number of carbonyl (C=O) groups is 1. The van der Waals surface area contributed by atoms with Crippen LogP contribution in [0, 0.1) is 5.82 Å². The minimum atomic E-state index is -0.539. The van der Waals surface area contributed by atoms with Gasteiger partial charge in [0, 0.05) is 19.3 Å². The van der Waals surface area contributed by atoms with Gasteiger partial charge < -0.3 is 15.4 Å². The third kappa shape index (κ3) is 4.08. The van der Waals surface area contributed by atoms with Crippen LogP contribution >= 0.6 is 11.6 Å². The second-order valence-corrected chi connectivity index (χ2v) is 4.82. The van der Waals surface area contributed by atoms with Crippen molar-refractivity contribution < 1.29 is 13.9 Å². The first kappa shape index (κ1) is 14.1. The zero-order valence-electron chi connectivity index (χ0n) is 10.4. The molecule has 0 atom stereocenters. The molecule has 1 fully saturated rings. The van der Waals surface area contributed by atoms with Crippen LogP contribution in [0.15, 0.2) is 18.2 Å². The van der Waals surface area contributed by atoms with Crippen molar-refractivity contribution in [2.24, 2.45) is 0 Å². The van der Waals surface area contributed by atoms with Crippen molar-refractivity contribution >= 4 is 23.2 Å². The average Bonchev–Trinajstić information content (AvgIpc) is 2.42. The van der Waals surface area contributed by atoms with Crippen LogP contribution in [0.4, 0.5) is 10.1 Å². The van der Waals surface area contributed by atoms with Gasteiger partial charge in [0.25, 0.3) is 0 Å². The molecule has 6 heteroatoms. The fourth-order valence-corrected chi connectivity index (χ4v) is 2.11. The molecule has 1 aromatic rings. The third-order valence-electron chi connectivity index (χ3n) is 2.98. The Morgan fingerprint density at radius 3 is 2.89 bits per heavy atom. The fraction of sp³-hybridized carbons (Fsp3) is 0.462. The van der Waals surface area contributed by atoms with Crippen LogP contribution in [-0.2, 0) is 9.53 Å². The molecule has 104 valence electrons. The predicted molar refractivity (Wildman–Crippen MR) is 71.9 cm³/mol. The van der Waals surface area contributed by atoms with E-state index in [1.165, 1.54) is 6.07 Å². The zero-order valence-corrected chi connectivity index (χ0v) is 11.2. The van der Waals surface area contributed by atoms with Gasteiger partial charge in [0.05, 0.1) is 17.3 Å². The number of amides is 1. The van der Waals surface area contributed by atoms with E-state index in [2.05, 4.69) is 10.6 Å². The molecular formula is C13H16ClFN2O2. The highest BCUT2D eigenvalue weighted by Gasteiger charge is 2.16. The Kier molecular flexibility index (Phi) is 4.99. The van der Waals surface area contributed by atoms with Crippen molar-refractivity contribution in [3.8, 4) is 0 Å². The van der Waals surface area contributed by atoms with Gasteiger partial charge >= 0.3 is 0 Å². The lowest BCUT2D eigenvalue weighted by Gasteiger charge is -2.23. The van der Waals surface area contributed by atoms with Crippen LogP contribution in [0.25, 0.3) is 0 Å². The van der Waals surface area contributed by atoms with Gasteiger partial charge in [0.15, 0.2) is 5.82 Å². The molecule has 4 nitrogen and oxygen atoms in total. The number of benzene rings is 1. The molecule has 1 aliphatic rings. The smallest absolute Gasteiger partial charge is 0.239 e. The van der Waals surface area contributed by atoms with E-state index in [0.717, 1.165) is 12.8 Å². The number of ether oxygens (including phenoxy) is 1. The molecule has 1 heterocycles. The second kappa shape index (κ2) is 6.73. The number of halogens is 2. The summed E-state index contributed by atoms with van der Waals surface area (Å²) in [4.78, 5) is 11.7. The van der Waals surface area contributed by atoms with Crippen LogP contribution in [0.5, 0.6) is 0 Å². The molecule has 2 rings (SSSR count). The third-order valence-corrected chi connectivity index (χ3v) is 3.27. The minimum Gasteiger partial charge on any atom is -0.381 e. The SMILES string of the molecule is O=C(CNc1cccc(Cl)c1F)NC1CCOCC1. The molecule has 0 aromatic heterocycles. The van der Waals surface area contributed by atoms with Crippen molar-refractivity contribution in [2.45, 2.75) is 18.9 Å². The highest BCUT2D eigenvalue weighted by Crippen LogP contribution is 2.21. The predicted octanol–water partition coefficient (Wildman–Crippen LogP) is 2.19. The monoisotopic (exact) mass is 286 g/mol. The summed E-state index contributed by atoms with van der Waals surface area (Å²) in [5.41, 5.74) is 0.231. The largest absolute Gasteiger partial charge is 0.381 e. The molecule has 0 bridgehead atoms. The summed E-state index contributed by atoms with van der Waals surface area (Å²) in [6.45, 7) is 1.36. The van der Waals surface area contributed by atoms with Crippen LogP contribution in [-0.4, -0.2) is 31.7 Å². The van der Waals surface area contributed by atoms with Gasteiger partial charge in [0.1, 0.15) is 0 Å². The van der Waals surface area contributed by atoms with Crippen molar-refractivity contribution in [1.29, 1.82) is 0 Å². The Labute approximate surface area is 116 Å². The minimum absolute atomic E-state index is 0.0224. The number of anilines is 1. The molecule has 0 unspecified atom stereocenters. The number of carbonyl (C=O) groups excluding carboxylic acids is 1. The molecule has 1 aromatic carbocycles. The van der Waals surface area contributed by atoms with Gasteiger partial charge in [-0.1, -0.05) is 17.7 Å². The normalized spacial score (nSPS) is 16.1. The Morgan fingerprint density at radius 2 is 2.16 bits per heavy atom. The van der Waals surface area contributed by atoms with Crippen LogP contribution in [0.3, 0.4) is 0 Å². The average molecular weight is 287 g/mol. The van der Waals surface area contributed by atoms with Gasteiger partial charge in [0.2, 0.25) is 5.91 Å². The summed E-state index contributed by atoms with van der Waals surface area (Å²) in [5.74, 6) is -0.700. The lowest BCUT2D eigenvalue weighted by molar-refractivity contribution is -0.120. The molecule has 2 N–H and O–H groups in total. The Bertz CT molecular complexity index is 450. The highest BCUT2D eigenvalue weighted by atomic mass is 35.5. The summed E-state index contributed by atoms with van der Waals surface area (Å²) in [7, 11) is 0. The van der Waals surface area contributed by atoms with Crippen LogP contribution in [0.1, 0.15) is 12.8 Å².